The van der Waals surface area contributed by atoms with E-state index in [4.69, 9.17) is 15.2 Å². The van der Waals surface area contributed by atoms with E-state index in [0.717, 1.165) is 4.47 Å². The van der Waals surface area contributed by atoms with Crippen molar-refractivity contribution in [3.05, 3.63) is 43.2 Å². The average Bonchev–Trinajstić information content (AvgIpc) is 2.48. The molecular formula is C15H13Br3N2O3. The molecule has 5 nitrogen and oxygen atoms in total. The molecule has 0 saturated heterocycles. The third-order valence-corrected chi connectivity index (χ3v) is 4.66. The molecule has 0 atom stereocenters. The molecule has 122 valence electrons. The summed E-state index contributed by atoms with van der Waals surface area (Å²) in [6.45, 7) is 0. The molecule has 23 heavy (non-hydrogen) atoms. The van der Waals surface area contributed by atoms with Crippen molar-refractivity contribution in [2.45, 2.75) is 0 Å². The Hall–Kier alpha value is -1.25. The van der Waals surface area contributed by atoms with Crippen molar-refractivity contribution in [3.63, 3.8) is 0 Å². The summed E-state index contributed by atoms with van der Waals surface area (Å²) in [5, 5.41) is 2.81. The predicted octanol–water partition coefficient (Wildman–Crippen LogP) is 4.83. The minimum atomic E-state index is -0.340. The maximum atomic E-state index is 12.7. The van der Waals surface area contributed by atoms with Crippen molar-refractivity contribution in [1.29, 1.82) is 0 Å². The summed E-state index contributed by atoms with van der Waals surface area (Å²) in [6.07, 6.45) is 0. The fraction of sp³-hybridized carbons (Fsp3) is 0.133. The van der Waals surface area contributed by atoms with Crippen molar-refractivity contribution in [2.24, 2.45) is 0 Å². The molecule has 0 radical (unpaired) electrons. The van der Waals surface area contributed by atoms with Crippen molar-refractivity contribution in [1.82, 2.24) is 0 Å². The molecule has 2 aromatic rings. The molecule has 0 saturated carbocycles. The number of benzene rings is 2. The molecule has 0 aliphatic rings. The summed E-state index contributed by atoms with van der Waals surface area (Å²) in [7, 11) is 3.01. The minimum absolute atomic E-state index is 0.340. The highest BCUT2D eigenvalue weighted by Gasteiger charge is 2.19. The first-order chi connectivity index (χ1) is 10.9. The second kappa shape index (κ2) is 7.55. The molecule has 0 aromatic heterocycles. The Labute approximate surface area is 158 Å². The molecule has 0 spiro atoms. The van der Waals surface area contributed by atoms with Crippen LogP contribution in [-0.2, 0) is 0 Å². The Balaban J connectivity index is 2.45. The predicted molar refractivity (Wildman–Crippen MR) is 101 cm³/mol. The SMILES string of the molecule is COc1cc(N)cc(Br)c1NC(=O)c1cc(Br)cc(Br)c1OC. The molecule has 1 amide bonds. The van der Waals surface area contributed by atoms with Gasteiger partial charge in [-0.2, -0.15) is 0 Å². The van der Waals surface area contributed by atoms with Crippen LogP contribution in [0.2, 0.25) is 0 Å². The van der Waals surface area contributed by atoms with E-state index >= 15 is 0 Å². The monoisotopic (exact) mass is 506 g/mol. The fourth-order valence-corrected chi connectivity index (χ4v) is 3.95. The van der Waals surface area contributed by atoms with E-state index in [1.165, 1.54) is 14.2 Å². The average molecular weight is 509 g/mol. The standard InChI is InChI=1S/C15H13Br3N2O3/c1-22-12-6-8(19)5-10(17)13(12)20-15(21)9-3-7(16)4-11(18)14(9)23-2/h3-6H,19H2,1-2H3,(H,20,21). The van der Waals surface area contributed by atoms with Crippen LogP contribution in [-0.4, -0.2) is 20.1 Å². The van der Waals surface area contributed by atoms with E-state index < -0.39 is 0 Å². The zero-order valence-electron chi connectivity index (χ0n) is 12.2. The van der Waals surface area contributed by atoms with Crippen LogP contribution in [0.4, 0.5) is 11.4 Å². The van der Waals surface area contributed by atoms with E-state index in [0.29, 0.717) is 37.4 Å². The second-order valence-electron chi connectivity index (χ2n) is 4.50. The highest BCUT2D eigenvalue weighted by Crippen LogP contribution is 2.37. The number of nitrogen functional groups attached to an aromatic ring is 1. The first kappa shape index (κ1) is 18.1. The Bertz CT molecular complexity index is 766. The van der Waals surface area contributed by atoms with Gasteiger partial charge < -0.3 is 20.5 Å². The van der Waals surface area contributed by atoms with Gasteiger partial charge in [-0.05, 0) is 50.1 Å². The summed E-state index contributed by atoms with van der Waals surface area (Å²) >= 11 is 10.1. The second-order valence-corrected chi connectivity index (χ2v) is 7.13. The lowest BCUT2D eigenvalue weighted by Gasteiger charge is -2.15. The lowest BCUT2D eigenvalue weighted by atomic mass is 10.1. The van der Waals surface area contributed by atoms with E-state index in [-0.39, 0.29) is 5.91 Å². The maximum absolute atomic E-state index is 12.7. The number of anilines is 2. The van der Waals surface area contributed by atoms with E-state index in [9.17, 15) is 4.79 Å². The van der Waals surface area contributed by atoms with Crippen LogP contribution in [0.1, 0.15) is 10.4 Å². The number of rotatable bonds is 4. The molecule has 0 aliphatic carbocycles. The van der Waals surface area contributed by atoms with Gasteiger partial charge in [-0.1, -0.05) is 15.9 Å². The Morgan fingerprint density at radius 3 is 2.35 bits per heavy atom. The van der Waals surface area contributed by atoms with Crippen LogP contribution in [0.25, 0.3) is 0 Å². The number of nitrogens with one attached hydrogen (secondary N) is 1. The summed E-state index contributed by atoms with van der Waals surface area (Å²) in [6, 6.07) is 6.80. The zero-order valence-corrected chi connectivity index (χ0v) is 17.0. The molecule has 0 fully saturated rings. The van der Waals surface area contributed by atoms with Crippen LogP contribution < -0.4 is 20.5 Å². The first-order valence-corrected chi connectivity index (χ1v) is 8.72. The number of halogens is 3. The number of ether oxygens (including phenoxy) is 2. The quantitative estimate of drug-likeness (QED) is 0.580. The molecular weight excluding hydrogens is 496 g/mol. The molecule has 8 heteroatoms. The number of amides is 1. The molecule has 0 unspecified atom stereocenters. The highest BCUT2D eigenvalue weighted by atomic mass is 79.9. The summed E-state index contributed by atoms with van der Waals surface area (Å²) in [4.78, 5) is 12.7. The number of carbonyl (C=O) groups is 1. The van der Waals surface area contributed by atoms with Gasteiger partial charge in [0.1, 0.15) is 11.5 Å². The number of nitrogens with two attached hydrogens (primary N) is 1. The van der Waals surface area contributed by atoms with Crippen LogP contribution in [0.5, 0.6) is 11.5 Å². The van der Waals surface area contributed by atoms with Crippen LogP contribution in [0.15, 0.2) is 37.7 Å². The van der Waals surface area contributed by atoms with Crippen molar-refractivity contribution in [3.8, 4) is 11.5 Å². The minimum Gasteiger partial charge on any atom is -0.495 e. The van der Waals surface area contributed by atoms with E-state index in [2.05, 4.69) is 53.1 Å². The number of methoxy groups -OCH3 is 2. The number of carbonyl (C=O) groups excluding carboxylic acids is 1. The first-order valence-electron chi connectivity index (χ1n) is 6.34. The van der Waals surface area contributed by atoms with Crippen LogP contribution in [0.3, 0.4) is 0 Å². The van der Waals surface area contributed by atoms with Crippen LogP contribution >= 0.6 is 47.8 Å². The third-order valence-electron chi connectivity index (χ3n) is 2.99. The van der Waals surface area contributed by atoms with Gasteiger partial charge in [0.05, 0.1) is 29.9 Å². The molecule has 3 N–H and O–H groups in total. The summed E-state index contributed by atoms with van der Waals surface area (Å²) in [5.74, 6) is 0.558. The highest BCUT2D eigenvalue weighted by molar-refractivity contribution is 9.11. The fourth-order valence-electron chi connectivity index (χ4n) is 2.00. The molecule has 0 aliphatic heterocycles. The smallest absolute Gasteiger partial charge is 0.259 e. The van der Waals surface area contributed by atoms with Gasteiger partial charge in [0.15, 0.2) is 0 Å². The van der Waals surface area contributed by atoms with Gasteiger partial charge in [0, 0.05) is 20.7 Å². The number of hydrogen-bond acceptors (Lipinski definition) is 4. The van der Waals surface area contributed by atoms with Crippen molar-refractivity contribution >= 4 is 65.1 Å². The molecule has 2 rings (SSSR count). The van der Waals surface area contributed by atoms with Gasteiger partial charge in [0.25, 0.3) is 5.91 Å². The van der Waals surface area contributed by atoms with Gasteiger partial charge in [-0.3, -0.25) is 4.79 Å². The van der Waals surface area contributed by atoms with Gasteiger partial charge in [0.2, 0.25) is 0 Å². The van der Waals surface area contributed by atoms with Gasteiger partial charge in [-0.15, -0.1) is 0 Å². The molecule has 0 bridgehead atoms. The third kappa shape index (κ3) is 3.99. The van der Waals surface area contributed by atoms with E-state index in [1.54, 1.807) is 24.3 Å². The Morgan fingerprint density at radius 1 is 1.04 bits per heavy atom. The summed E-state index contributed by atoms with van der Waals surface area (Å²) in [5.41, 5.74) is 7.16. The van der Waals surface area contributed by atoms with Crippen LogP contribution in [0, 0.1) is 0 Å². The lowest BCUT2D eigenvalue weighted by Crippen LogP contribution is -2.15. The van der Waals surface area contributed by atoms with E-state index in [1.807, 2.05) is 0 Å². The van der Waals surface area contributed by atoms with Crippen molar-refractivity contribution < 1.29 is 14.3 Å². The lowest BCUT2D eigenvalue weighted by molar-refractivity contribution is 0.102. The normalized spacial score (nSPS) is 10.3. The zero-order chi connectivity index (χ0) is 17.1. The van der Waals surface area contributed by atoms with Gasteiger partial charge >= 0.3 is 0 Å². The molecule has 2 aromatic carbocycles. The summed E-state index contributed by atoms with van der Waals surface area (Å²) < 4.78 is 12.6. The molecule has 0 heterocycles. The Kier molecular flexibility index (Phi) is 5.94. The van der Waals surface area contributed by atoms with Gasteiger partial charge in [-0.25, -0.2) is 0 Å². The maximum Gasteiger partial charge on any atom is 0.259 e. The van der Waals surface area contributed by atoms with Crippen molar-refractivity contribution in [2.75, 3.05) is 25.3 Å². The Morgan fingerprint density at radius 2 is 1.74 bits per heavy atom. The number of hydrogen-bond donors (Lipinski definition) is 2. The topological polar surface area (TPSA) is 73.6 Å². The largest absolute Gasteiger partial charge is 0.495 e.